The summed E-state index contributed by atoms with van der Waals surface area (Å²) in [5.74, 6) is 0.682. The summed E-state index contributed by atoms with van der Waals surface area (Å²) in [6.07, 6.45) is 0.260. The van der Waals surface area contributed by atoms with E-state index >= 15 is 0 Å². The highest BCUT2D eigenvalue weighted by Gasteiger charge is 2.19. The van der Waals surface area contributed by atoms with Crippen LogP contribution in [0.3, 0.4) is 0 Å². The summed E-state index contributed by atoms with van der Waals surface area (Å²) in [7, 11) is 0. The Hall–Kier alpha value is -1.18. The molecule has 0 aliphatic rings. The number of aromatic nitrogens is 3. The maximum atomic E-state index is 13.2. The molecule has 0 aromatic carbocycles. The molecule has 0 bridgehead atoms. The first-order chi connectivity index (χ1) is 11.5. The van der Waals surface area contributed by atoms with Gasteiger partial charge < -0.3 is 5.32 Å². The monoisotopic (exact) mass is 430 g/mol. The third-order valence-corrected chi connectivity index (χ3v) is 5.72. The van der Waals surface area contributed by atoms with Gasteiger partial charge >= 0.3 is 0 Å². The molecule has 0 radical (unpaired) electrons. The van der Waals surface area contributed by atoms with E-state index in [1.165, 1.54) is 4.88 Å². The summed E-state index contributed by atoms with van der Waals surface area (Å²) in [6.45, 7) is 4.25. The maximum absolute atomic E-state index is 13.2. The van der Waals surface area contributed by atoms with Crippen LogP contribution < -0.4 is 5.32 Å². The van der Waals surface area contributed by atoms with E-state index in [0.717, 1.165) is 21.2 Å². The van der Waals surface area contributed by atoms with Crippen molar-refractivity contribution in [3.8, 4) is 0 Å². The van der Waals surface area contributed by atoms with Gasteiger partial charge in [0, 0.05) is 4.88 Å². The molecule has 0 fully saturated rings. The van der Waals surface area contributed by atoms with Gasteiger partial charge in [-0.05, 0) is 76.8 Å². The molecule has 0 spiro atoms. The lowest BCUT2D eigenvalue weighted by atomic mass is 10.1. The van der Waals surface area contributed by atoms with E-state index in [0.29, 0.717) is 25.2 Å². The van der Waals surface area contributed by atoms with E-state index in [-0.39, 0.29) is 5.28 Å². The molecule has 3 rings (SSSR count). The highest BCUT2D eigenvalue weighted by molar-refractivity contribution is 9.10. The van der Waals surface area contributed by atoms with Gasteiger partial charge in [-0.2, -0.15) is 4.98 Å². The fourth-order valence-corrected chi connectivity index (χ4v) is 4.20. The topological polar surface area (TPSA) is 42.2 Å². The number of anilines is 1. The number of thiophene rings is 1. The minimum atomic E-state index is -0.842. The molecule has 0 aliphatic carbocycles. The van der Waals surface area contributed by atoms with Gasteiger partial charge in [0.1, 0.15) is 10.1 Å². The van der Waals surface area contributed by atoms with Crippen molar-refractivity contribution < 1.29 is 4.39 Å². The predicted octanol–water partition coefficient (Wildman–Crippen LogP) is 5.42. The van der Waals surface area contributed by atoms with Gasteiger partial charge in [-0.25, -0.2) is 8.91 Å². The molecule has 1 unspecified atom stereocenters. The molecule has 1 atom stereocenters. The van der Waals surface area contributed by atoms with Crippen LogP contribution in [0.5, 0.6) is 0 Å². The van der Waals surface area contributed by atoms with Crippen LogP contribution in [0.1, 0.15) is 29.3 Å². The van der Waals surface area contributed by atoms with Crippen molar-refractivity contribution >= 4 is 50.2 Å². The quantitative estimate of drug-likeness (QED) is 0.567. The van der Waals surface area contributed by atoms with Crippen molar-refractivity contribution in [2.75, 3.05) is 5.32 Å². The number of nitrogens with one attached hydrogen (secondary N) is 1. The zero-order valence-electron chi connectivity index (χ0n) is 13.3. The van der Waals surface area contributed by atoms with Crippen molar-refractivity contribution in [1.82, 2.24) is 14.6 Å². The van der Waals surface area contributed by atoms with Crippen molar-refractivity contribution in [3.05, 3.63) is 43.4 Å². The Morgan fingerprint density at radius 3 is 2.96 bits per heavy atom. The van der Waals surface area contributed by atoms with Crippen LogP contribution in [-0.4, -0.2) is 20.8 Å². The van der Waals surface area contributed by atoms with Gasteiger partial charge in [0.2, 0.25) is 5.28 Å². The second-order valence-corrected chi connectivity index (χ2v) is 7.76. The fourth-order valence-electron chi connectivity index (χ4n) is 2.65. The van der Waals surface area contributed by atoms with E-state index in [9.17, 15) is 4.39 Å². The third-order valence-electron chi connectivity index (χ3n) is 3.87. The van der Waals surface area contributed by atoms with E-state index in [1.807, 2.05) is 18.4 Å². The van der Waals surface area contributed by atoms with Crippen LogP contribution in [0.15, 0.2) is 22.1 Å². The molecular formula is C16H17BrClFN4S. The lowest BCUT2D eigenvalue weighted by molar-refractivity contribution is 0.341. The Kier molecular flexibility index (Phi) is 5.42. The van der Waals surface area contributed by atoms with Crippen molar-refractivity contribution in [1.29, 1.82) is 0 Å². The number of aryl methyl sites for hydroxylation is 1. The van der Waals surface area contributed by atoms with Crippen molar-refractivity contribution in [2.45, 2.75) is 39.4 Å². The first-order valence-electron chi connectivity index (χ1n) is 7.61. The van der Waals surface area contributed by atoms with Gasteiger partial charge in [-0.15, -0.1) is 16.4 Å². The predicted molar refractivity (Wildman–Crippen MR) is 101 cm³/mol. The number of hydrogen-bond donors (Lipinski definition) is 1. The van der Waals surface area contributed by atoms with Crippen LogP contribution in [0.25, 0.3) is 5.52 Å². The molecule has 1 N–H and O–H groups in total. The lowest BCUT2D eigenvalue weighted by Crippen LogP contribution is -2.05. The molecule has 0 saturated heterocycles. The van der Waals surface area contributed by atoms with Crippen molar-refractivity contribution in [2.24, 2.45) is 0 Å². The molecule has 3 heterocycles. The average Bonchev–Trinajstić information content (AvgIpc) is 3.12. The SMILES string of the molecule is Cc1c(CCC(C)F)c(Br)n2nc(Cl)nc(NCc3cccs3)c12. The third kappa shape index (κ3) is 3.58. The minimum absolute atomic E-state index is 0.164. The van der Waals surface area contributed by atoms with Crippen LogP contribution in [-0.2, 0) is 13.0 Å². The normalized spacial score (nSPS) is 12.7. The molecular weight excluding hydrogens is 415 g/mol. The van der Waals surface area contributed by atoms with Gasteiger partial charge in [0.05, 0.1) is 12.7 Å². The van der Waals surface area contributed by atoms with E-state index in [4.69, 9.17) is 11.6 Å². The average molecular weight is 432 g/mol. The summed E-state index contributed by atoms with van der Waals surface area (Å²) in [5.41, 5.74) is 2.94. The molecule has 3 aromatic rings. The lowest BCUT2D eigenvalue weighted by Gasteiger charge is -2.08. The Labute approximate surface area is 157 Å². The number of nitrogens with zero attached hydrogens (tertiary/aromatic N) is 3. The standard InChI is InChI=1S/C16H17BrClFN4S/c1-9(19)5-6-12-10(2)13-15(20-8-11-4-3-7-24-11)21-16(18)22-23(13)14(12)17/h3-4,7,9H,5-6,8H2,1-2H3,(H,20,21,22). The fraction of sp³-hybridized carbons (Fsp3) is 0.375. The van der Waals surface area contributed by atoms with E-state index < -0.39 is 6.17 Å². The van der Waals surface area contributed by atoms with Gasteiger partial charge in [-0.3, -0.25) is 0 Å². The van der Waals surface area contributed by atoms with Crippen LogP contribution in [0.2, 0.25) is 5.28 Å². The Morgan fingerprint density at radius 1 is 1.50 bits per heavy atom. The summed E-state index contributed by atoms with van der Waals surface area (Å²) in [5, 5.41) is 9.82. The van der Waals surface area contributed by atoms with Crippen LogP contribution >= 0.6 is 38.9 Å². The molecule has 3 aromatic heterocycles. The molecule has 0 saturated carbocycles. The first kappa shape index (κ1) is 17.6. The maximum Gasteiger partial charge on any atom is 0.243 e. The zero-order chi connectivity index (χ0) is 17.3. The molecule has 4 nitrogen and oxygen atoms in total. The number of halogens is 3. The summed E-state index contributed by atoms with van der Waals surface area (Å²) >= 11 is 11.3. The molecule has 128 valence electrons. The molecule has 8 heteroatoms. The molecule has 0 amide bonds. The highest BCUT2D eigenvalue weighted by atomic mass is 79.9. The van der Waals surface area contributed by atoms with Crippen molar-refractivity contribution in [3.63, 3.8) is 0 Å². The zero-order valence-corrected chi connectivity index (χ0v) is 16.5. The second kappa shape index (κ2) is 7.37. The molecule has 0 aliphatic heterocycles. The van der Waals surface area contributed by atoms with Gasteiger partial charge in [0.25, 0.3) is 0 Å². The Bertz CT molecular complexity index is 848. The minimum Gasteiger partial charge on any atom is -0.363 e. The summed E-state index contributed by atoms with van der Waals surface area (Å²) < 4.78 is 15.8. The van der Waals surface area contributed by atoms with Gasteiger partial charge in [0.15, 0.2) is 5.82 Å². The Morgan fingerprint density at radius 2 is 2.29 bits per heavy atom. The summed E-state index contributed by atoms with van der Waals surface area (Å²) in [6, 6.07) is 4.08. The first-order valence-corrected chi connectivity index (χ1v) is 9.66. The van der Waals surface area contributed by atoms with E-state index in [1.54, 1.807) is 22.8 Å². The largest absolute Gasteiger partial charge is 0.363 e. The van der Waals surface area contributed by atoms with Gasteiger partial charge in [-0.1, -0.05) is 6.07 Å². The number of hydrogen-bond acceptors (Lipinski definition) is 4. The van der Waals surface area contributed by atoms with E-state index in [2.05, 4.69) is 37.4 Å². The number of fused-ring (bicyclic) bond motifs is 1. The Balaban J connectivity index is 2.00. The van der Waals surface area contributed by atoms with Crippen LogP contribution in [0.4, 0.5) is 10.2 Å². The second-order valence-electron chi connectivity index (χ2n) is 5.64. The number of alkyl halides is 1. The number of rotatable bonds is 6. The smallest absolute Gasteiger partial charge is 0.243 e. The van der Waals surface area contributed by atoms with Crippen LogP contribution in [0, 0.1) is 6.92 Å². The highest BCUT2D eigenvalue weighted by Crippen LogP contribution is 2.32. The molecule has 24 heavy (non-hydrogen) atoms. The summed E-state index contributed by atoms with van der Waals surface area (Å²) in [4.78, 5) is 5.55.